The van der Waals surface area contributed by atoms with Gasteiger partial charge < -0.3 is 9.64 Å². The van der Waals surface area contributed by atoms with E-state index in [1.807, 2.05) is 55.3 Å². The van der Waals surface area contributed by atoms with Crippen molar-refractivity contribution >= 4 is 17.4 Å². The Morgan fingerprint density at radius 1 is 1.16 bits per heavy atom. The number of carbonyl (C=O) groups is 1. The van der Waals surface area contributed by atoms with E-state index < -0.39 is 0 Å². The first-order valence-corrected chi connectivity index (χ1v) is 10.8. The summed E-state index contributed by atoms with van der Waals surface area (Å²) in [5.74, 6) is 0.647. The van der Waals surface area contributed by atoms with Crippen LogP contribution in [0.5, 0.6) is 0 Å². The summed E-state index contributed by atoms with van der Waals surface area (Å²) in [6.07, 6.45) is 2.43. The molecule has 7 heteroatoms. The number of rotatable bonds is 4. The minimum absolute atomic E-state index is 0.0651. The molecule has 1 saturated heterocycles. The van der Waals surface area contributed by atoms with Crippen LogP contribution in [0.3, 0.4) is 0 Å². The van der Waals surface area contributed by atoms with Crippen molar-refractivity contribution in [3.8, 4) is 0 Å². The monoisotopic (exact) mass is 418 g/mol. The van der Waals surface area contributed by atoms with Crippen LogP contribution in [0.1, 0.15) is 30.5 Å². The number of pyridine rings is 1. The van der Waals surface area contributed by atoms with Crippen molar-refractivity contribution in [3.63, 3.8) is 0 Å². The maximum absolute atomic E-state index is 13.6. The fourth-order valence-electron chi connectivity index (χ4n) is 5.13. The van der Waals surface area contributed by atoms with Gasteiger partial charge in [-0.2, -0.15) is 0 Å². The second-order valence-corrected chi connectivity index (χ2v) is 8.32. The zero-order valence-electron chi connectivity index (χ0n) is 17.8. The first-order valence-electron chi connectivity index (χ1n) is 10.8. The number of aromatic nitrogens is 2. The molecule has 5 rings (SSSR count). The molecule has 0 amide bonds. The maximum atomic E-state index is 13.6. The Bertz CT molecular complexity index is 1180. The molecule has 0 N–H and O–H groups in total. The Balaban J connectivity index is 1.63. The number of nitrogens with zero attached hydrogens (tertiary/aromatic N) is 4. The Hall–Kier alpha value is -3.19. The van der Waals surface area contributed by atoms with Crippen molar-refractivity contribution in [3.05, 3.63) is 76.2 Å². The Morgan fingerprint density at radius 3 is 2.71 bits per heavy atom. The number of benzene rings is 1. The summed E-state index contributed by atoms with van der Waals surface area (Å²) >= 11 is 0. The number of likely N-dealkylation sites (tertiary alicyclic amines) is 1. The number of esters is 1. The molecule has 0 unspecified atom stereocenters. The zero-order chi connectivity index (χ0) is 21.5. The Morgan fingerprint density at radius 2 is 1.94 bits per heavy atom. The molecular formula is C24H26N4O3. The molecule has 1 fully saturated rings. The van der Waals surface area contributed by atoms with Crippen molar-refractivity contribution in [1.29, 1.82) is 0 Å². The number of ether oxygens (including phenoxy) is 1. The lowest BCUT2D eigenvalue weighted by atomic mass is 9.89. The lowest BCUT2D eigenvalue weighted by Crippen LogP contribution is -2.44. The van der Waals surface area contributed by atoms with Crippen LogP contribution in [-0.4, -0.2) is 46.5 Å². The molecule has 1 aromatic carbocycles. The molecule has 0 radical (unpaired) electrons. The number of carbonyl (C=O) groups excluding carboxylic acids is 1. The number of hydrogen-bond donors (Lipinski definition) is 0. The van der Waals surface area contributed by atoms with Gasteiger partial charge in [-0.25, -0.2) is 4.98 Å². The average Bonchev–Trinajstić information content (AvgIpc) is 3.11. The minimum atomic E-state index is -0.352. The second-order valence-electron chi connectivity index (χ2n) is 8.32. The number of hydrogen-bond acceptors (Lipinski definition) is 6. The predicted molar refractivity (Wildman–Crippen MR) is 118 cm³/mol. The van der Waals surface area contributed by atoms with Gasteiger partial charge in [-0.05, 0) is 44.0 Å². The predicted octanol–water partition coefficient (Wildman–Crippen LogP) is 2.64. The number of fused-ring (bicyclic) bond motifs is 4. The largest absolute Gasteiger partial charge is 0.465 e. The van der Waals surface area contributed by atoms with Crippen LogP contribution in [0.2, 0.25) is 0 Å². The van der Waals surface area contributed by atoms with Crippen molar-refractivity contribution in [2.75, 3.05) is 25.1 Å². The van der Waals surface area contributed by atoms with Gasteiger partial charge in [0.1, 0.15) is 17.5 Å². The second kappa shape index (κ2) is 7.81. The van der Waals surface area contributed by atoms with Gasteiger partial charge in [-0.1, -0.05) is 36.4 Å². The van der Waals surface area contributed by atoms with Gasteiger partial charge >= 0.3 is 5.97 Å². The standard InChI is InChI=1S/C24H26N4O3/c1-3-31-24(30)18-13-17-15-27(14-16-9-5-4-6-10-16)22-20(21(17)26(18)2)23(29)28-12-8-7-11-19(28)25-22/h4-12,17-18,21H,3,13-15H2,1-2H3/t17-,18-,21-/m0/s1. The molecule has 0 bridgehead atoms. The molecule has 4 heterocycles. The molecular weight excluding hydrogens is 392 g/mol. The van der Waals surface area contributed by atoms with Gasteiger partial charge in [-0.3, -0.25) is 18.9 Å². The van der Waals surface area contributed by atoms with E-state index in [1.54, 1.807) is 10.6 Å². The first kappa shape index (κ1) is 19.8. The zero-order valence-corrected chi connectivity index (χ0v) is 17.8. The average molecular weight is 418 g/mol. The lowest BCUT2D eigenvalue weighted by molar-refractivity contribution is -0.148. The molecule has 2 aliphatic rings. The number of anilines is 1. The third-order valence-electron chi connectivity index (χ3n) is 6.48. The van der Waals surface area contributed by atoms with Gasteiger partial charge in [0.15, 0.2) is 0 Å². The van der Waals surface area contributed by atoms with Crippen molar-refractivity contribution in [2.45, 2.75) is 32.0 Å². The quantitative estimate of drug-likeness (QED) is 0.607. The van der Waals surface area contributed by atoms with Crippen molar-refractivity contribution in [1.82, 2.24) is 14.3 Å². The van der Waals surface area contributed by atoms with Gasteiger partial charge in [0, 0.05) is 25.3 Å². The number of likely N-dealkylation sites (N-methyl/N-ethyl adjacent to an activating group) is 1. The van der Waals surface area contributed by atoms with E-state index in [-0.39, 0.29) is 29.5 Å². The Kier molecular flexibility index (Phi) is 4.98. The molecule has 7 nitrogen and oxygen atoms in total. The van der Waals surface area contributed by atoms with Crippen LogP contribution >= 0.6 is 0 Å². The fourth-order valence-corrected chi connectivity index (χ4v) is 5.13. The smallest absolute Gasteiger partial charge is 0.323 e. The minimum Gasteiger partial charge on any atom is -0.465 e. The van der Waals surface area contributed by atoms with Crippen LogP contribution in [-0.2, 0) is 16.1 Å². The SMILES string of the molecule is CCOC(=O)[C@@H]1C[C@H]2CN(Cc3ccccc3)c3nc4ccccn4c(=O)c3[C@H]2N1C. The van der Waals surface area contributed by atoms with E-state index >= 15 is 0 Å². The van der Waals surface area contributed by atoms with Crippen LogP contribution in [0, 0.1) is 5.92 Å². The van der Waals surface area contributed by atoms with Gasteiger partial charge in [0.05, 0.1) is 12.2 Å². The third kappa shape index (κ3) is 3.29. The van der Waals surface area contributed by atoms with E-state index in [1.165, 1.54) is 0 Å². The van der Waals surface area contributed by atoms with E-state index in [9.17, 15) is 9.59 Å². The topological polar surface area (TPSA) is 67.2 Å². The molecule has 160 valence electrons. The Labute approximate surface area is 180 Å². The summed E-state index contributed by atoms with van der Waals surface area (Å²) in [5.41, 5.74) is 2.40. The summed E-state index contributed by atoms with van der Waals surface area (Å²) in [6.45, 7) is 3.58. The first-order chi connectivity index (χ1) is 15.1. The van der Waals surface area contributed by atoms with E-state index in [0.717, 1.165) is 17.9 Å². The van der Waals surface area contributed by atoms with Crippen molar-refractivity contribution in [2.24, 2.45) is 5.92 Å². The van der Waals surface area contributed by atoms with Crippen LogP contribution in [0.15, 0.2) is 59.5 Å². The molecule has 0 spiro atoms. The molecule has 3 aromatic rings. The molecule has 2 aromatic heterocycles. The molecule has 0 aliphatic carbocycles. The maximum Gasteiger partial charge on any atom is 0.323 e. The summed E-state index contributed by atoms with van der Waals surface area (Å²) in [6, 6.07) is 15.3. The van der Waals surface area contributed by atoms with Gasteiger partial charge in [0.2, 0.25) is 0 Å². The van der Waals surface area contributed by atoms with E-state index in [4.69, 9.17) is 9.72 Å². The highest BCUT2D eigenvalue weighted by molar-refractivity contribution is 5.76. The van der Waals surface area contributed by atoms with Crippen molar-refractivity contribution < 1.29 is 9.53 Å². The fraction of sp³-hybridized carbons (Fsp3) is 0.375. The van der Waals surface area contributed by atoms with Crippen LogP contribution < -0.4 is 10.5 Å². The molecule has 0 saturated carbocycles. The van der Waals surface area contributed by atoms with Gasteiger partial charge in [-0.15, -0.1) is 0 Å². The highest BCUT2D eigenvalue weighted by Gasteiger charge is 2.49. The van der Waals surface area contributed by atoms with E-state index in [0.29, 0.717) is 30.8 Å². The summed E-state index contributed by atoms with van der Waals surface area (Å²) in [7, 11) is 1.92. The highest BCUT2D eigenvalue weighted by atomic mass is 16.5. The summed E-state index contributed by atoms with van der Waals surface area (Å²) < 4.78 is 6.92. The van der Waals surface area contributed by atoms with E-state index in [2.05, 4.69) is 17.0 Å². The summed E-state index contributed by atoms with van der Waals surface area (Å²) in [5, 5.41) is 0. The third-order valence-corrected chi connectivity index (χ3v) is 6.48. The van der Waals surface area contributed by atoms with Crippen LogP contribution in [0.4, 0.5) is 5.82 Å². The lowest BCUT2D eigenvalue weighted by Gasteiger charge is -2.38. The molecule has 2 aliphatic heterocycles. The highest BCUT2D eigenvalue weighted by Crippen LogP contribution is 2.46. The van der Waals surface area contributed by atoms with Gasteiger partial charge in [0.25, 0.3) is 5.56 Å². The normalized spacial score (nSPS) is 22.9. The molecule has 31 heavy (non-hydrogen) atoms. The molecule has 3 atom stereocenters. The van der Waals surface area contributed by atoms with Crippen LogP contribution in [0.25, 0.3) is 5.65 Å². The summed E-state index contributed by atoms with van der Waals surface area (Å²) in [4.78, 5) is 35.3.